The second kappa shape index (κ2) is 5.83. The SMILES string of the molecule is O=C([O-])c1cccc2c1N[C@H](c1cccc(Cl)c1Cl)[C@H]1CC=C[C@@H]21. The number of anilines is 1. The summed E-state index contributed by atoms with van der Waals surface area (Å²) in [6.45, 7) is 0. The zero-order valence-electron chi connectivity index (χ0n) is 12.6. The topological polar surface area (TPSA) is 52.2 Å². The highest BCUT2D eigenvalue weighted by molar-refractivity contribution is 6.42. The molecule has 5 heteroatoms. The molecule has 0 saturated heterocycles. The van der Waals surface area contributed by atoms with E-state index in [1.807, 2.05) is 18.2 Å². The summed E-state index contributed by atoms with van der Waals surface area (Å²) in [6.07, 6.45) is 5.19. The molecule has 2 aromatic rings. The lowest BCUT2D eigenvalue weighted by atomic mass is 9.76. The predicted octanol–water partition coefficient (Wildman–Crippen LogP) is 4.18. The van der Waals surface area contributed by atoms with E-state index in [1.54, 1.807) is 18.2 Å². The van der Waals surface area contributed by atoms with Crippen LogP contribution in [0.25, 0.3) is 0 Å². The lowest BCUT2D eigenvalue weighted by Crippen LogP contribution is -2.32. The molecule has 0 amide bonds. The third-order valence-corrected chi connectivity index (χ3v) is 5.77. The van der Waals surface area contributed by atoms with Crippen LogP contribution in [0.2, 0.25) is 10.0 Å². The van der Waals surface area contributed by atoms with Crippen molar-refractivity contribution in [2.75, 3.05) is 5.32 Å². The van der Waals surface area contributed by atoms with Crippen molar-refractivity contribution < 1.29 is 9.90 Å². The van der Waals surface area contributed by atoms with Crippen LogP contribution in [0.4, 0.5) is 5.69 Å². The van der Waals surface area contributed by atoms with Gasteiger partial charge in [-0.05, 0) is 29.5 Å². The molecule has 1 heterocycles. The number of nitrogens with one attached hydrogen (secondary N) is 1. The highest BCUT2D eigenvalue weighted by Crippen LogP contribution is 2.51. The molecule has 4 rings (SSSR count). The summed E-state index contributed by atoms with van der Waals surface area (Å²) >= 11 is 12.6. The molecule has 122 valence electrons. The van der Waals surface area contributed by atoms with Gasteiger partial charge in [-0.2, -0.15) is 0 Å². The van der Waals surface area contributed by atoms with Crippen molar-refractivity contribution in [3.05, 3.63) is 75.3 Å². The Balaban J connectivity index is 1.88. The third kappa shape index (κ3) is 2.31. The Kier molecular flexibility index (Phi) is 3.78. The van der Waals surface area contributed by atoms with E-state index >= 15 is 0 Å². The van der Waals surface area contributed by atoms with E-state index in [0.29, 0.717) is 15.7 Å². The first-order chi connectivity index (χ1) is 11.6. The van der Waals surface area contributed by atoms with Gasteiger partial charge in [-0.1, -0.05) is 65.7 Å². The number of hydrogen-bond acceptors (Lipinski definition) is 3. The Labute approximate surface area is 149 Å². The Morgan fingerprint density at radius 2 is 1.88 bits per heavy atom. The van der Waals surface area contributed by atoms with Crippen LogP contribution in [0, 0.1) is 5.92 Å². The van der Waals surface area contributed by atoms with Crippen LogP contribution in [-0.4, -0.2) is 5.97 Å². The van der Waals surface area contributed by atoms with Crippen LogP contribution >= 0.6 is 23.2 Å². The molecule has 0 spiro atoms. The van der Waals surface area contributed by atoms with Gasteiger partial charge in [-0.25, -0.2) is 0 Å². The molecule has 1 aliphatic carbocycles. The fourth-order valence-electron chi connectivity index (χ4n) is 3.86. The zero-order valence-corrected chi connectivity index (χ0v) is 14.1. The van der Waals surface area contributed by atoms with Crippen molar-refractivity contribution in [2.45, 2.75) is 18.4 Å². The lowest BCUT2D eigenvalue weighted by Gasteiger charge is -2.39. The van der Waals surface area contributed by atoms with E-state index in [4.69, 9.17) is 23.2 Å². The van der Waals surface area contributed by atoms with Crippen LogP contribution in [0.3, 0.4) is 0 Å². The molecule has 1 N–H and O–H groups in total. The minimum absolute atomic E-state index is 0.107. The van der Waals surface area contributed by atoms with Crippen LogP contribution in [0.1, 0.15) is 39.9 Å². The molecule has 0 fully saturated rings. The molecule has 1 aliphatic heterocycles. The van der Waals surface area contributed by atoms with Gasteiger partial charge in [-0.3, -0.25) is 0 Å². The van der Waals surface area contributed by atoms with Crippen molar-refractivity contribution in [3.8, 4) is 0 Å². The van der Waals surface area contributed by atoms with E-state index in [-0.39, 0.29) is 23.4 Å². The molecule has 0 unspecified atom stereocenters. The number of carbonyl (C=O) groups excluding carboxylic acids is 1. The van der Waals surface area contributed by atoms with Crippen molar-refractivity contribution in [1.82, 2.24) is 0 Å². The molecular formula is C19H14Cl2NO2-. The summed E-state index contributed by atoms with van der Waals surface area (Å²) in [6, 6.07) is 10.7. The molecular weight excluding hydrogens is 345 g/mol. The maximum atomic E-state index is 11.5. The summed E-state index contributed by atoms with van der Waals surface area (Å²) in [7, 11) is 0. The van der Waals surface area contributed by atoms with E-state index < -0.39 is 5.97 Å². The lowest BCUT2D eigenvalue weighted by molar-refractivity contribution is -0.254. The standard InChI is InChI=1S/C19H15Cl2NO2/c20-15-9-3-7-13(16(15)21)17-11-5-1-4-10(11)12-6-2-8-14(19(23)24)18(12)22-17/h1-4,6-11,17,22H,5H2,(H,23,24)/p-1/t10-,11+,17+/m1/s1. The third-order valence-electron chi connectivity index (χ3n) is 4.93. The second-order valence-electron chi connectivity index (χ2n) is 6.18. The number of allylic oxidation sites excluding steroid dienone is 2. The Bertz CT molecular complexity index is 862. The normalized spacial score (nSPS) is 24.2. The maximum Gasteiger partial charge on any atom is 0.0736 e. The number of para-hydroxylation sites is 1. The Hall–Kier alpha value is -1.97. The quantitative estimate of drug-likeness (QED) is 0.819. The van der Waals surface area contributed by atoms with Gasteiger partial charge in [0, 0.05) is 17.2 Å². The van der Waals surface area contributed by atoms with Crippen molar-refractivity contribution in [3.63, 3.8) is 0 Å². The number of aromatic carboxylic acids is 1. The van der Waals surface area contributed by atoms with Crippen molar-refractivity contribution in [2.24, 2.45) is 5.92 Å². The Morgan fingerprint density at radius 1 is 1.12 bits per heavy atom. The predicted molar refractivity (Wildman–Crippen MR) is 93.6 cm³/mol. The number of carboxylic acids is 1. The average molecular weight is 359 g/mol. The number of carboxylic acid groups (broad SMARTS) is 1. The molecule has 3 atom stereocenters. The second-order valence-corrected chi connectivity index (χ2v) is 6.96. The van der Waals surface area contributed by atoms with Crippen LogP contribution in [0.5, 0.6) is 0 Å². The highest BCUT2D eigenvalue weighted by atomic mass is 35.5. The first-order valence-corrected chi connectivity index (χ1v) is 8.55. The number of fused-ring (bicyclic) bond motifs is 3. The molecule has 2 aliphatic rings. The minimum atomic E-state index is -1.18. The molecule has 0 saturated carbocycles. The summed E-state index contributed by atoms with van der Waals surface area (Å²) in [5.74, 6) is -0.762. The molecule has 24 heavy (non-hydrogen) atoms. The fourth-order valence-corrected chi connectivity index (χ4v) is 4.29. The van der Waals surface area contributed by atoms with Crippen molar-refractivity contribution in [1.29, 1.82) is 0 Å². The van der Waals surface area contributed by atoms with Crippen LogP contribution in [-0.2, 0) is 0 Å². The van der Waals surface area contributed by atoms with Crippen LogP contribution < -0.4 is 10.4 Å². The number of benzene rings is 2. The number of hydrogen-bond donors (Lipinski definition) is 1. The van der Waals surface area contributed by atoms with E-state index in [0.717, 1.165) is 17.5 Å². The highest BCUT2D eigenvalue weighted by Gasteiger charge is 2.39. The molecule has 3 nitrogen and oxygen atoms in total. The molecule has 2 aromatic carbocycles. The number of carbonyl (C=O) groups is 1. The van der Waals surface area contributed by atoms with Gasteiger partial charge in [0.1, 0.15) is 0 Å². The van der Waals surface area contributed by atoms with Gasteiger partial charge in [0.15, 0.2) is 0 Å². The van der Waals surface area contributed by atoms with E-state index in [9.17, 15) is 9.90 Å². The summed E-state index contributed by atoms with van der Waals surface area (Å²) in [5, 5.41) is 15.9. The van der Waals surface area contributed by atoms with Gasteiger partial charge in [-0.15, -0.1) is 0 Å². The fraction of sp³-hybridized carbons (Fsp3) is 0.211. The first kappa shape index (κ1) is 15.6. The van der Waals surface area contributed by atoms with Crippen molar-refractivity contribution >= 4 is 34.9 Å². The van der Waals surface area contributed by atoms with Gasteiger partial charge in [0.2, 0.25) is 0 Å². The zero-order chi connectivity index (χ0) is 16.8. The molecule has 0 radical (unpaired) electrons. The smallest absolute Gasteiger partial charge is 0.0736 e. The van der Waals surface area contributed by atoms with Gasteiger partial charge in [0.25, 0.3) is 0 Å². The summed E-state index contributed by atoms with van der Waals surface area (Å²) in [4.78, 5) is 11.5. The number of halogens is 2. The average Bonchev–Trinajstić information content (AvgIpc) is 3.06. The van der Waals surface area contributed by atoms with Crippen LogP contribution in [0.15, 0.2) is 48.6 Å². The Morgan fingerprint density at radius 3 is 2.67 bits per heavy atom. The van der Waals surface area contributed by atoms with E-state index in [1.165, 1.54) is 0 Å². The first-order valence-electron chi connectivity index (χ1n) is 7.79. The minimum Gasteiger partial charge on any atom is -0.545 e. The monoisotopic (exact) mass is 358 g/mol. The van der Waals surface area contributed by atoms with Gasteiger partial charge in [0.05, 0.1) is 22.1 Å². The van der Waals surface area contributed by atoms with Gasteiger partial charge >= 0.3 is 0 Å². The molecule has 0 bridgehead atoms. The van der Waals surface area contributed by atoms with E-state index in [2.05, 4.69) is 17.5 Å². The maximum absolute atomic E-state index is 11.5. The van der Waals surface area contributed by atoms with Gasteiger partial charge < -0.3 is 15.2 Å². The number of rotatable bonds is 2. The summed E-state index contributed by atoms with van der Waals surface area (Å²) in [5.41, 5.74) is 2.67. The summed E-state index contributed by atoms with van der Waals surface area (Å²) < 4.78 is 0. The molecule has 0 aromatic heterocycles. The largest absolute Gasteiger partial charge is 0.545 e.